The van der Waals surface area contributed by atoms with Gasteiger partial charge in [-0.25, -0.2) is 4.79 Å². The first-order valence-electron chi connectivity index (χ1n) is 4.17. The maximum absolute atomic E-state index is 10.9. The molecule has 0 radical (unpaired) electrons. The lowest BCUT2D eigenvalue weighted by Gasteiger charge is -2.02. The van der Waals surface area contributed by atoms with Crippen molar-refractivity contribution in [2.45, 2.75) is 19.8 Å². The summed E-state index contributed by atoms with van der Waals surface area (Å²) in [5, 5.41) is 2.97. The Kier molecular flexibility index (Phi) is 3.63. The van der Waals surface area contributed by atoms with Crippen molar-refractivity contribution in [2.75, 3.05) is 11.9 Å². The Hall–Kier alpha value is -1.17. The van der Waals surface area contributed by atoms with Crippen molar-refractivity contribution in [1.29, 1.82) is 0 Å². The first-order valence-corrected chi connectivity index (χ1v) is 4.57. The van der Waals surface area contributed by atoms with Gasteiger partial charge in [-0.15, -0.1) is 0 Å². The molecule has 1 aromatic heterocycles. The van der Waals surface area contributed by atoms with Gasteiger partial charge in [0, 0.05) is 6.54 Å². The smallest absolute Gasteiger partial charge is 0.327 e. The molecule has 72 valence electrons. The molecule has 1 heterocycles. The molecule has 1 aromatic rings. The molecule has 0 bridgehead atoms. The minimum absolute atomic E-state index is 0.197. The lowest BCUT2D eigenvalue weighted by molar-refractivity contribution is 0.820. The normalized spacial score (nSPS) is 9.92. The van der Waals surface area contributed by atoms with Crippen molar-refractivity contribution in [1.82, 2.24) is 15.0 Å². The van der Waals surface area contributed by atoms with Gasteiger partial charge in [0.2, 0.25) is 10.7 Å². The van der Waals surface area contributed by atoms with Gasteiger partial charge in [0.05, 0.1) is 0 Å². The van der Waals surface area contributed by atoms with E-state index in [1.807, 2.05) is 0 Å². The second-order valence-corrected chi connectivity index (χ2v) is 3.01. The molecule has 0 saturated heterocycles. The van der Waals surface area contributed by atoms with Crippen LogP contribution in [0.5, 0.6) is 0 Å². The number of hydrogen-bond acceptors (Lipinski definition) is 4. The third-order valence-electron chi connectivity index (χ3n) is 1.49. The fourth-order valence-electron chi connectivity index (χ4n) is 0.861. The minimum atomic E-state index is -0.334. The molecule has 0 aliphatic rings. The summed E-state index contributed by atoms with van der Waals surface area (Å²) in [5.41, 5.74) is -0.334. The first kappa shape index (κ1) is 9.91. The Morgan fingerprint density at radius 2 is 2.31 bits per heavy atom. The molecule has 0 unspecified atom stereocenters. The summed E-state index contributed by atoms with van der Waals surface area (Å²) in [6.07, 6.45) is 2.13. The highest BCUT2D eigenvalue weighted by Gasteiger charge is 1.93. The minimum Gasteiger partial charge on any atom is -0.356 e. The van der Waals surface area contributed by atoms with Crippen LogP contribution in [0.15, 0.2) is 4.79 Å². The van der Waals surface area contributed by atoms with Gasteiger partial charge in [0.25, 0.3) is 0 Å². The summed E-state index contributed by atoms with van der Waals surface area (Å²) in [6, 6.07) is 0. The molecule has 1 rings (SSSR count). The van der Waals surface area contributed by atoms with E-state index in [-0.39, 0.29) is 10.5 Å². The molecule has 13 heavy (non-hydrogen) atoms. The number of unbranched alkanes of at least 4 members (excludes halogenated alkanes) is 1. The van der Waals surface area contributed by atoms with Gasteiger partial charge in [-0.1, -0.05) is 13.3 Å². The third kappa shape index (κ3) is 3.37. The largest absolute Gasteiger partial charge is 0.356 e. The van der Waals surface area contributed by atoms with Crippen LogP contribution in [0, 0.1) is 4.77 Å². The van der Waals surface area contributed by atoms with Crippen LogP contribution < -0.4 is 11.0 Å². The van der Waals surface area contributed by atoms with Gasteiger partial charge in [-0.2, -0.15) is 4.98 Å². The summed E-state index contributed by atoms with van der Waals surface area (Å²) >= 11 is 4.74. The summed E-state index contributed by atoms with van der Waals surface area (Å²) in [5.74, 6) is 0.433. The monoisotopic (exact) mass is 200 g/mol. The van der Waals surface area contributed by atoms with E-state index in [4.69, 9.17) is 12.2 Å². The first-order chi connectivity index (χ1) is 6.22. The second kappa shape index (κ2) is 4.76. The van der Waals surface area contributed by atoms with Gasteiger partial charge >= 0.3 is 5.69 Å². The predicted octanol–water partition coefficient (Wildman–Crippen LogP) is 1.04. The summed E-state index contributed by atoms with van der Waals surface area (Å²) in [6.45, 7) is 2.88. The lowest BCUT2D eigenvalue weighted by Crippen LogP contribution is -2.16. The fraction of sp³-hybridized carbons (Fsp3) is 0.571. The van der Waals surface area contributed by atoms with E-state index in [1.54, 1.807) is 0 Å². The van der Waals surface area contributed by atoms with Crippen molar-refractivity contribution >= 4 is 18.2 Å². The maximum atomic E-state index is 10.9. The van der Waals surface area contributed by atoms with Gasteiger partial charge in [0.15, 0.2) is 0 Å². The van der Waals surface area contributed by atoms with Crippen molar-refractivity contribution in [2.24, 2.45) is 0 Å². The van der Waals surface area contributed by atoms with Gasteiger partial charge < -0.3 is 5.32 Å². The molecule has 0 atom stereocenters. The molecule has 0 aliphatic heterocycles. The van der Waals surface area contributed by atoms with E-state index < -0.39 is 0 Å². The van der Waals surface area contributed by atoms with E-state index in [0.29, 0.717) is 5.95 Å². The topological polar surface area (TPSA) is 73.6 Å². The van der Waals surface area contributed by atoms with Gasteiger partial charge in [-0.05, 0) is 18.6 Å². The number of rotatable bonds is 4. The van der Waals surface area contributed by atoms with Crippen molar-refractivity contribution in [3.05, 3.63) is 15.3 Å². The van der Waals surface area contributed by atoms with Crippen LogP contribution in [0.4, 0.5) is 5.95 Å². The number of H-pyrrole nitrogens is 2. The summed E-state index contributed by atoms with van der Waals surface area (Å²) in [4.78, 5) is 19.6. The molecule has 0 aliphatic carbocycles. The number of hydrogen-bond donors (Lipinski definition) is 3. The highest BCUT2D eigenvalue weighted by Crippen LogP contribution is 1.93. The molecule has 0 saturated carbocycles. The molecule has 0 spiro atoms. The zero-order chi connectivity index (χ0) is 9.68. The standard InChI is InChI=1S/C7H12N4OS/c1-2-3-4-8-5-9-6(12)11-7(13)10-5/h2-4H2,1H3,(H3,8,9,10,11,12,13). The number of anilines is 1. The summed E-state index contributed by atoms with van der Waals surface area (Å²) in [7, 11) is 0. The Morgan fingerprint density at radius 1 is 1.54 bits per heavy atom. The Bertz CT molecular complexity index is 341. The van der Waals surface area contributed by atoms with E-state index in [1.165, 1.54) is 0 Å². The predicted molar refractivity (Wildman–Crippen MR) is 53.4 cm³/mol. The van der Waals surface area contributed by atoms with Crippen LogP contribution >= 0.6 is 12.2 Å². The Balaban J connectivity index is 2.67. The average Bonchev–Trinajstić information content (AvgIpc) is 2.03. The zero-order valence-electron chi connectivity index (χ0n) is 7.39. The fourth-order valence-corrected chi connectivity index (χ4v) is 1.04. The van der Waals surface area contributed by atoms with Crippen LogP contribution in [0.3, 0.4) is 0 Å². The zero-order valence-corrected chi connectivity index (χ0v) is 8.20. The van der Waals surface area contributed by atoms with Crippen molar-refractivity contribution in [3.63, 3.8) is 0 Å². The van der Waals surface area contributed by atoms with Crippen molar-refractivity contribution < 1.29 is 0 Å². The van der Waals surface area contributed by atoms with Gasteiger partial charge in [-0.3, -0.25) is 9.97 Å². The van der Waals surface area contributed by atoms with Crippen LogP contribution in [-0.2, 0) is 0 Å². The molecular formula is C7H12N4OS. The maximum Gasteiger partial charge on any atom is 0.327 e. The molecule has 5 nitrogen and oxygen atoms in total. The Labute approximate surface area is 80.6 Å². The second-order valence-electron chi connectivity index (χ2n) is 2.63. The van der Waals surface area contributed by atoms with E-state index in [2.05, 4.69) is 27.2 Å². The van der Waals surface area contributed by atoms with Crippen molar-refractivity contribution in [3.8, 4) is 0 Å². The Morgan fingerprint density at radius 3 is 2.92 bits per heavy atom. The summed E-state index contributed by atoms with van der Waals surface area (Å²) < 4.78 is 0.197. The molecule has 0 amide bonds. The SMILES string of the molecule is CCCCNc1nc(=S)[nH]c(=O)[nH]1. The van der Waals surface area contributed by atoms with Crippen LogP contribution in [0.25, 0.3) is 0 Å². The van der Waals surface area contributed by atoms with E-state index >= 15 is 0 Å². The number of nitrogens with one attached hydrogen (secondary N) is 3. The highest BCUT2D eigenvalue weighted by molar-refractivity contribution is 7.71. The quantitative estimate of drug-likeness (QED) is 0.501. The highest BCUT2D eigenvalue weighted by atomic mass is 32.1. The number of nitrogens with zero attached hydrogens (tertiary/aromatic N) is 1. The molecule has 3 N–H and O–H groups in total. The van der Waals surface area contributed by atoms with E-state index in [0.717, 1.165) is 19.4 Å². The average molecular weight is 200 g/mol. The lowest BCUT2D eigenvalue weighted by atomic mass is 10.3. The third-order valence-corrected chi connectivity index (χ3v) is 1.68. The molecule has 0 fully saturated rings. The molecular weight excluding hydrogens is 188 g/mol. The van der Waals surface area contributed by atoms with Crippen LogP contribution in [-0.4, -0.2) is 21.5 Å². The molecule has 6 heteroatoms. The van der Waals surface area contributed by atoms with Crippen LogP contribution in [0.1, 0.15) is 19.8 Å². The van der Waals surface area contributed by atoms with Crippen LogP contribution in [0.2, 0.25) is 0 Å². The number of aromatic nitrogens is 3. The molecule has 0 aromatic carbocycles. The number of aromatic amines is 2. The van der Waals surface area contributed by atoms with E-state index in [9.17, 15) is 4.79 Å². The van der Waals surface area contributed by atoms with Gasteiger partial charge in [0.1, 0.15) is 0 Å².